The molecule has 4 bridgehead atoms. The minimum absolute atomic E-state index is 0.0143. The number of fused-ring (bicyclic) bond motifs is 7. The van der Waals surface area contributed by atoms with Crippen LogP contribution in [-0.4, -0.2) is 213 Å². The molecular weight excluding hydrogens is 1350 g/mol. The molecule has 2 aromatic rings. The number of nitrogens with one attached hydrogen (secondary N) is 8. The first-order chi connectivity index (χ1) is 48.2. The summed E-state index contributed by atoms with van der Waals surface area (Å²) in [5.41, 5.74) is 13.5. The van der Waals surface area contributed by atoms with E-state index in [1.54, 1.807) is 33.8 Å². The van der Waals surface area contributed by atoms with Crippen LogP contribution in [-0.2, 0) is 85.1 Å². The van der Waals surface area contributed by atoms with Gasteiger partial charge in [0.25, 0.3) is 5.91 Å². The third kappa shape index (κ3) is 26.3. The maximum Gasteiger partial charge on any atom is 0.305 e. The summed E-state index contributed by atoms with van der Waals surface area (Å²) in [7, 11) is 0. The molecule has 33 heteroatoms. The lowest BCUT2D eigenvalue weighted by Crippen LogP contribution is -2.61. The molecule has 0 aromatic heterocycles. The van der Waals surface area contributed by atoms with Gasteiger partial charge in [-0.25, -0.2) is 0 Å². The third-order valence-corrected chi connectivity index (χ3v) is 19.9. The van der Waals surface area contributed by atoms with Crippen molar-refractivity contribution in [1.29, 1.82) is 0 Å². The number of unbranched alkanes of at least 4 members (excludes halogenated alkanes) is 1. The molecule has 0 spiro atoms. The van der Waals surface area contributed by atoms with Gasteiger partial charge in [0.15, 0.2) is 0 Å². The second-order valence-electron chi connectivity index (χ2n) is 26.2. The highest BCUT2D eigenvalue weighted by atomic mass is 32.2. The molecule has 0 saturated carbocycles. The fourth-order valence-corrected chi connectivity index (χ4v) is 14.1. The lowest BCUT2D eigenvalue weighted by Gasteiger charge is -2.33. The van der Waals surface area contributed by atoms with Gasteiger partial charge >= 0.3 is 11.9 Å². The Hall–Kier alpha value is -8.72. The molecule has 31 nitrogen and oxygen atoms in total. The van der Waals surface area contributed by atoms with Crippen molar-refractivity contribution in [3.05, 3.63) is 59.2 Å². The molecule has 4 heterocycles. The van der Waals surface area contributed by atoms with Crippen LogP contribution in [0.15, 0.2) is 47.6 Å². The number of hydrogen-bond acceptors (Lipinski definition) is 20. The number of amides is 11. The van der Waals surface area contributed by atoms with Gasteiger partial charge in [0, 0.05) is 48.9 Å². The van der Waals surface area contributed by atoms with Gasteiger partial charge in [-0.1, -0.05) is 57.5 Å². The largest absolute Gasteiger partial charge is 0.508 e. The summed E-state index contributed by atoms with van der Waals surface area (Å²) in [6.45, 7) is 7.72. The Morgan fingerprint density at radius 3 is 1.80 bits per heavy atom. The van der Waals surface area contributed by atoms with E-state index < -0.39 is 163 Å². The highest BCUT2D eigenvalue weighted by molar-refractivity contribution is 7.98. The molecule has 6 rings (SSSR count). The van der Waals surface area contributed by atoms with Crippen LogP contribution in [0.5, 0.6) is 11.5 Å². The molecule has 4 aliphatic heterocycles. The fourth-order valence-electron chi connectivity index (χ4n) is 12.1. The smallest absolute Gasteiger partial charge is 0.305 e. The van der Waals surface area contributed by atoms with Crippen LogP contribution in [0, 0.1) is 11.8 Å². The highest BCUT2D eigenvalue weighted by Crippen LogP contribution is 2.28. The lowest BCUT2D eigenvalue weighted by molar-refractivity contribution is -0.145. The first kappa shape index (κ1) is 81.2. The van der Waals surface area contributed by atoms with Crippen LogP contribution < -0.4 is 58.7 Å². The second kappa shape index (κ2) is 41.3. The van der Waals surface area contributed by atoms with E-state index in [4.69, 9.17) is 21.0 Å². The Morgan fingerprint density at radius 2 is 1.19 bits per heavy atom. The monoisotopic (exact) mass is 1450 g/mol. The van der Waals surface area contributed by atoms with Gasteiger partial charge in [-0.3, -0.25) is 62.3 Å². The van der Waals surface area contributed by atoms with E-state index in [9.17, 15) is 72.9 Å². The molecule has 0 unspecified atom stereocenters. The first-order valence-corrected chi connectivity index (χ1v) is 36.9. The average molecular weight is 1450 g/mol. The molecule has 2 saturated heterocycles. The molecule has 15 N–H and O–H groups in total. The predicted molar refractivity (Wildman–Crippen MR) is 374 cm³/mol. The Morgan fingerprint density at radius 1 is 0.624 bits per heavy atom. The van der Waals surface area contributed by atoms with E-state index in [0.717, 1.165) is 19.1 Å². The quantitative estimate of drug-likeness (QED) is 0.104. The number of benzene rings is 2. The zero-order valence-corrected chi connectivity index (χ0v) is 59.3. The molecule has 11 amide bonds. The van der Waals surface area contributed by atoms with E-state index in [2.05, 4.69) is 47.7 Å². The Labute approximate surface area is 595 Å². The zero-order chi connectivity index (χ0) is 73.7. The number of ether oxygens (including phenoxy) is 1. The normalized spacial score (nSPS) is 25.9. The van der Waals surface area contributed by atoms with Crippen molar-refractivity contribution >= 4 is 107 Å². The van der Waals surface area contributed by atoms with E-state index in [1.807, 2.05) is 12.1 Å². The summed E-state index contributed by atoms with van der Waals surface area (Å²) in [6, 6.07) is -3.07. The van der Waals surface area contributed by atoms with Crippen molar-refractivity contribution in [2.45, 2.75) is 209 Å². The van der Waals surface area contributed by atoms with Gasteiger partial charge in [0.2, 0.25) is 59.1 Å². The standard InChI is InChI=1S/C68H99N13O18S2/c1-5-40(4)58-68(97)81-25-13-16-54(81)66(95)76-49(32-41-17-19-44(82)20-18-41)63(92)73-47(21-22-56(84)85)61(90)77-51(59(70)88)37-100-35-42-29-43-31-45(30-42)98-26-10-6-7-11-27-99-71-34-55(83)72-46(14-8-9-23-69)60(89)78-52(38-101-36-43)67(96)80-24-12-15-53(80)65(94)75-48(28-39(2)3)62(91)74-50(33-57(86)87)64(93)79-58/h17-20,29-31,34,39-40,46-54,58,82H,5-16,21-28,32-33,35-38,69H2,1-4H3,(H2,70,88)(H,72,83)(H,73,92)(H,74,91)(H,75,94)(H,76,95)(H,77,90)(H,78,89)(H,79,93)(H,84,85)(H,86,87)/b71-34+/t40-,46-,47-,48-,49-,50-,51-,52-,53-,54-,58-/m0/s1. The van der Waals surface area contributed by atoms with Crippen molar-refractivity contribution < 1.29 is 87.2 Å². The molecule has 11 atom stereocenters. The number of rotatable bonds is 16. The fraction of sp³-hybridized carbons (Fsp3) is 0.618. The minimum Gasteiger partial charge on any atom is -0.508 e. The topological polar surface area (TPSA) is 468 Å². The third-order valence-electron chi connectivity index (χ3n) is 17.7. The van der Waals surface area contributed by atoms with Gasteiger partial charge in [0.1, 0.15) is 84.7 Å². The number of carboxylic acids is 2. The number of phenolic OH excluding ortho intramolecular Hbond substituents is 1. The van der Waals surface area contributed by atoms with E-state index in [1.165, 1.54) is 57.6 Å². The number of aromatic hydroxyl groups is 1. The molecule has 4 aliphatic rings. The number of aliphatic carboxylic acids is 2. The van der Waals surface area contributed by atoms with Gasteiger partial charge in [-0.2, -0.15) is 23.5 Å². The van der Waals surface area contributed by atoms with E-state index in [-0.39, 0.29) is 99.3 Å². The number of nitrogens with two attached hydrogens (primary N) is 2. The van der Waals surface area contributed by atoms with Crippen LogP contribution in [0.3, 0.4) is 0 Å². The number of oxime groups is 1. The van der Waals surface area contributed by atoms with Crippen molar-refractivity contribution in [2.24, 2.45) is 28.5 Å². The predicted octanol–water partition coefficient (Wildman–Crippen LogP) is 0.976. The van der Waals surface area contributed by atoms with Crippen LogP contribution in [0.1, 0.15) is 147 Å². The molecule has 101 heavy (non-hydrogen) atoms. The highest BCUT2D eigenvalue weighted by Gasteiger charge is 2.44. The summed E-state index contributed by atoms with van der Waals surface area (Å²) in [5.74, 6) is -12.7. The maximum absolute atomic E-state index is 15.2. The van der Waals surface area contributed by atoms with Crippen LogP contribution in [0.25, 0.3) is 0 Å². The van der Waals surface area contributed by atoms with Crippen molar-refractivity contribution in [3.8, 4) is 11.5 Å². The van der Waals surface area contributed by atoms with Gasteiger partial charge in [0.05, 0.1) is 13.0 Å². The summed E-state index contributed by atoms with van der Waals surface area (Å²) in [4.78, 5) is 191. The molecule has 556 valence electrons. The molecule has 0 radical (unpaired) electrons. The van der Waals surface area contributed by atoms with E-state index in [0.29, 0.717) is 67.7 Å². The van der Waals surface area contributed by atoms with Gasteiger partial charge < -0.3 is 88.7 Å². The molecule has 2 aromatic carbocycles. The number of phenols is 1. The van der Waals surface area contributed by atoms with Crippen LogP contribution in [0.2, 0.25) is 0 Å². The maximum atomic E-state index is 15.2. The van der Waals surface area contributed by atoms with Gasteiger partial charge in [-0.05, 0) is 143 Å². The number of primary amides is 1. The second-order valence-corrected chi connectivity index (χ2v) is 28.3. The average Bonchev–Trinajstić information content (AvgIpc) is 1.79. The number of thioether (sulfide) groups is 2. The number of carbonyl (C=O) groups excluding carboxylic acids is 11. The van der Waals surface area contributed by atoms with Crippen LogP contribution in [0.4, 0.5) is 0 Å². The van der Waals surface area contributed by atoms with Crippen molar-refractivity contribution in [3.63, 3.8) is 0 Å². The molecule has 2 fully saturated rings. The number of carboxylic acid groups (broad SMARTS) is 2. The Kier molecular flexibility index (Phi) is 33.2. The number of nitrogens with zero attached hydrogens (tertiary/aromatic N) is 3. The summed E-state index contributed by atoms with van der Waals surface area (Å²) < 4.78 is 6.29. The zero-order valence-electron chi connectivity index (χ0n) is 57.7. The summed E-state index contributed by atoms with van der Waals surface area (Å²) in [5, 5.41) is 55.2. The van der Waals surface area contributed by atoms with E-state index >= 15 is 4.79 Å². The van der Waals surface area contributed by atoms with Crippen molar-refractivity contribution in [1.82, 2.24) is 52.3 Å². The summed E-state index contributed by atoms with van der Waals surface area (Å²) in [6.07, 6.45) is 3.34. The molecular formula is C68H99N13O18S2. The Balaban J connectivity index is 1.42. The minimum atomic E-state index is -1.84. The summed E-state index contributed by atoms with van der Waals surface area (Å²) >= 11 is 2.46. The van der Waals surface area contributed by atoms with Crippen molar-refractivity contribution in [2.75, 3.05) is 44.4 Å². The van der Waals surface area contributed by atoms with Crippen LogP contribution >= 0.6 is 23.5 Å². The SMILES string of the molecule is CC[C@H](C)[C@@H]1NC(=O)[C@H](CC(=O)O)NC(=O)[C@H](CC(C)C)NC(=O)[C@@H]2CCCN2C(=O)[C@@H]2CSCc3cc(cc(c3)OCCCCCCO/N=C/C(=O)N[C@@H](CCCCN)C(=O)N2)CSC[C@@H](C(N)=O)NC(=O)[C@H](CCC(=O)O)NC(=O)[C@H](Cc2ccc(O)cc2)NC(=O)[C@@H]2CCCN2C1=O. The number of carbonyl (C=O) groups is 13. The first-order valence-electron chi connectivity index (χ1n) is 34.6. The molecule has 0 aliphatic carbocycles. The lowest BCUT2D eigenvalue weighted by atomic mass is 9.96. The van der Waals surface area contributed by atoms with Gasteiger partial charge in [-0.15, -0.1) is 0 Å². The number of hydrogen-bond donors (Lipinski definition) is 13. The Bertz CT molecular complexity index is 3250.